The maximum Gasteiger partial charge on any atom is 0.184 e. The summed E-state index contributed by atoms with van der Waals surface area (Å²) in [5.74, 6) is -0.241. The van der Waals surface area contributed by atoms with E-state index in [1.54, 1.807) is 17.6 Å². The summed E-state index contributed by atoms with van der Waals surface area (Å²) >= 11 is 5.76. The molecule has 21 heavy (non-hydrogen) atoms. The summed E-state index contributed by atoms with van der Waals surface area (Å²) < 4.78 is 34.2. The largest absolute Gasteiger partial charge is 0.361 e. The van der Waals surface area contributed by atoms with Gasteiger partial charge in [0, 0.05) is 18.4 Å². The zero-order valence-electron chi connectivity index (χ0n) is 11.2. The van der Waals surface area contributed by atoms with Crippen molar-refractivity contribution in [3.05, 3.63) is 47.1 Å². The van der Waals surface area contributed by atoms with Crippen molar-refractivity contribution in [2.45, 2.75) is 19.9 Å². The van der Waals surface area contributed by atoms with E-state index in [9.17, 15) is 8.78 Å². The Morgan fingerprint density at radius 1 is 1.33 bits per heavy atom. The van der Waals surface area contributed by atoms with Crippen LogP contribution in [0.1, 0.15) is 17.3 Å². The Balaban J connectivity index is 2.16. The van der Waals surface area contributed by atoms with E-state index in [0.717, 1.165) is 6.07 Å². The van der Waals surface area contributed by atoms with Gasteiger partial charge in [-0.3, -0.25) is 0 Å². The lowest BCUT2D eigenvalue weighted by atomic mass is 10.3. The highest BCUT2D eigenvalue weighted by atomic mass is 35.5. The minimum absolute atomic E-state index is 0.121. The normalized spacial score (nSPS) is 11.4. The van der Waals surface area contributed by atoms with Gasteiger partial charge in [-0.1, -0.05) is 5.16 Å². The van der Waals surface area contributed by atoms with Gasteiger partial charge in [0.1, 0.15) is 22.8 Å². The number of fused-ring (bicyclic) bond motifs is 1. The number of rotatable bonds is 4. The highest BCUT2D eigenvalue weighted by Crippen LogP contribution is 2.23. The van der Waals surface area contributed by atoms with Crippen LogP contribution in [0, 0.1) is 18.6 Å². The summed E-state index contributed by atoms with van der Waals surface area (Å²) in [6.07, 6.45) is 0.453. The summed E-state index contributed by atoms with van der Waals surface area (Å²) in [5.41, 5.74) is 1.14. The van der Waals surface area contributed by atoms with E-state index in [4.69, 9.17) is 16.1 Å². The van der Waals surface area contributed by atoms with Crippen molar-refractivity contribution in [3.8, 4) is 0 Å². The van der Waals surface area contributed by atoms with Gasteiger partial charge in [0.15, 0.2) is 11.6 Å². The molecule has 0 aliphatic rings. The smallest absolute Gasteiger partial charge is 0.184 e. The molecule has 0 amide bonds. The summed E-state index contributed by atoms with van der Waals surface area (Å²) in [7, 11) is 0. The van der Waals surface area contributed by atoms with E-state index in [1.807, 2.05) is 0 Å². The molecule has 2 aromatic heterocycles. The number of hydrogen-bond donors (Lipinski definition) is 0. The first-order valence-corrected chi connectivity index (χ1v) is 6.95. The summed E-state index contributed by atoms with van der Waals surface area (Å²) in [6, 6.07) is 4.27. The number of imidazole rings is 1. The van der Waals surface area contributed by atoms with Crippen LogP contribution in [0.25, 0.3) is 11.0 Å². The van der Waals surface area contributed by atoms with E-state index in [2.05, 4.69) is 10.1 Å². The third-order valence-electron chi connectivity index (χ3n) is 3.19. The van der Waals surface area contributed by atoms with Crippen LogP contribution in [-0.2, 0) is 13.0 Å². The van der Waals surface area contributed by atoms with E-state index in [-0.39, 0.29) is 12.1 Å². The average Bonchev–Trinajstić information content (AvgIpc) is 3.00. The van der Waals surface area contributed by atoms with Crippen LogP contribution >= 0.6 is 11.6 Å². The molecule has 3 aromatic rings. The minimum Gasteiger partial charge on any atom is -0.361 e. The van der Waals surface area contributed by atoms with Crippen molar-refractivity contribution in [2.24, 2.45) is 0 Å². The van der Waals surface area contributed by atoms with Crippen LogP contribution in [0.15, 0.2) is 22.7 Å². The molecule has 4 nitrogen and oxygen atoms in total. The van der Waals surface area contributed by atoms with Gasteiger partial charge in [0.25, 0.3) is 0 Å². The van der Waals surface area contributed by atoms with Crippen molar-refractivity contribution in [1.82, 2.24) is 14.7 Å². The molecule has 0 aliphatic heterocycles. The van der Waals surface area contributed by atoms with Crippen molar-refractivity contribution in [3.63, 3.8) is 0 Å². The van der Waals surface area contributed by atoms with Gasteiger partial charge < -0.3 is 9.09 Å². The number of benzene rings is 1. The minimum atomic E-state index is -0.916. The van der Waals surface area contributed by atoms with Crippen LogP contribution in [0.4, 0.5) is 8.78 Å². The maximum absolute atomic E-state index is 14.1. The molecule has 0 fully saturated rings. The molecule has 0 radical (unpaired) electrons. The van der Waals surface area contributed by atoms with Gasteiger partial charge >= 0.3 is 0 Å². The SMILES string of the molecule is Cc1cc(Cn2c(CCCl)nc3ccc(F)c(F)c32)no1. The van der Waals surface area contributed by atoms with Crippen molar-refractivity contribution in [1.29, 1.82) is 0 Å². The highest BCUT2D eigenvalue weighted by Gasteiger charge is 2.18. The Kier molecular flexibility index (Phi) is 3.63. The summed E-state index contributed by atoms with van der Waals surface area (Å²) in [5, 5.41) is 3.88. The molecule has 110 valence electrons. The molecule has 0 saturated carbocycles. The number of hydrogen-bond acceptors (Lipinski definition) is 3. The first kappa shape index (κ1) is 14.0. The molecule has 7 heteroatoms. The molecule has 0 atom stereocenters. The number of nitrogens with zero attached hydrogens (tertiary/aromatic N) is 3. The third kappa shape index (κ3) is 2.51. The van der Waals surface area contributed by atoms with Crippen LogP contribution in [0.3, 0.4) is 0 Å². The molecular formula is C14H12ClF2N3O. The lowest BCUT2D eigenvalue weighted by Crippen LogP contribution is -2.07. The predicted molar refractivity (Wildman–Crippen MR) is 74.4 cm³/mol. The van der Waals surface area contributed by atoms with Crippen molar-refractivity contribution < 1.29 is 13.3 Å². The van der Waals surface area contributed by atoms with Crippen molar-refractivity contribution in [2.75, 3.05) is 5.88 Å². The van der Waals surface area contributed by atoms with Crippen LogP contribution in [-0.4, -0.2) is 20.6 Å². The number of aromatic nitrogens is 3. The molecule has 0 bridgehead atoms. The Labute approximate surface area is 124 Å². The quantitative estimate of drug-likeness (QED) is 0.693. The molecule has 0 N–H and O–H groups in total. The molecule has 0 saturated heterocycles. The van der Waals surface area contributed by atoms with E-state index in [0.29, 0.717) is 35.1 Å². The topological polar surface area (TPSA) is 43.9 Å². The molecule has 3 rings (SSSR count). The van der Waals surface area contributed by atoms with Crippen LogP contribution < -0.4 is 0 Å². The molecule has 2 heterocycles. The van der Waals surface area contributed by atoms with Crippen molar-refractivity contribution >= 4 is 22.6 Å². The summed E-state index contributed by atoms with van der Waals surface area (Å²) in [6.45, 7) is 2.02. The third-order valence-corrected chi connectivity index (χ3v) is 3.38. The second kappa shape index (κ2) is 5.44. The van der Waals surface area contributed by atoms with E-state index < -0.39 is 11.6 Å². The monoisotopic (exact) mass is 311 g/mol. The fourth-order valence-corrected chi connectivity index (χ4v) is 2.47. The van der Waals surface area contributed by atoms with Gasteiger partial charge in [0.2, 0.25) is 0 Å². The first-order valence-electron chi connectivity index (χ1n) is 6.41. The molecule has 0 spiro atoms. The van der Waals surface area contributed by atoms with Gasteiger partial charge in [-0.25, -0.2) is 13.8 Å². The fourth-order valence-electron chi connectivity index (χ4n) is 2.31. The van der Waals surface area contributed by atoms with Gasteiger partial charge in [-0.15, -0.1) is 11.6 Å². The fraction of sp³-hybridized carbons (Fsp3) is 0.286. The standard InChI is InChI=1S/C14H12ClF2N3O/c1-8-6-9(19-21-8)7-20-12(4-5-15)18-11-3-2-10(16)13(17)14(11)20/h2-3,6H,4-5,7H2,1H3. The average molecular weight is 312 g/mol. The Hall–Kier alpha value is -1.95. The van der Waals surface area contributed by atoms with Gasteiger partial charge in [-0.2, -0.15) is 0 Å². The zero-order chi connectivity index (χ0) is 15.0. The Bertz CT molecular complexity index is 797. The molecule has 0 aliphatic carbocycles. The second-order valence-corrected chi connectivity index (χ2v) is 5.09. The zero-order valence-corrected chi connectivity index (χ0v) is 12.0. The first-order chi connectivity index (χ1) is 10.1. The Morgan fingerprint density at radius 2 is 2.14 bits per heavy atom. The molecule has 0 unspecified atom stereocenters. The van der Waals surface area contributed by atoms with E-state index in [1.165, 1.54) is 6.07 Å². The number of alkyl halides is 1. The molecular weight excluding hydrogens is 300 g/mol. The van der Waals surface area contributed by atoms with Crippen LogP contribution in [0.5, 0.6) is 0 Å². The molecule has 1 aromatic carbocycles. The van der Waals surface area contributed by atoms with Crippen LogP contribution in [0.2, 0.25) is 0 Å². The predicted octanol–water partition coefficient (Wildman–Crippen LogP) is 3.44. The highest BCUT2D eigenvalue weighted by molar-refractivity contribution is 6.17. The Morgan fingerprint density at radius 3 is 2.81 bits per heavy atom. The number of halogens is 3. The lowest BCUT2D eigenvalue weighted by molar-refractivity contribution is 0.389. The van der Waals surface area contributed by atoms with Gasteiger partial charge in [0.05, 0.1) is 12.1 Å². The van der Waals surface area contributed by atoms with E-state index >= 15 is 0 Å². The van der Waals surface area contributed by atoms with Gasteiger partial charge in [-0.05, 0) is 19.1 Å². The lowest BCUT2D eigenvalue weighted by Gasteiger charge is -2.06. The summed E-state index contributed by atoms with van der Waals surface area (Å²) in [4.78, 5) is 4.32. The maximum atomic E-state index is 14.1. The number of aryl methyl sites for hydroxylation is 2. The second-order valence-electron chi connectivity index (χ2n) is 4.71.